The minimum atomic E-state index is 0.616. The minimum absolute atomic E-state index is 0.616. The van der Waals surface area contributed by atoms with E-state index in [1.165, 1.54) is 0 Å². The normalized spacial score (nSPS) is 16.1. The molecule has 3 heterocycles. The Kier molecular flexibility index (Phi) is 2.91. The lowest BCUT2D eigenvalue weighted by atomic mass is 10.5. The van der Waals surface area contributed by atoms with Gasteiger partial charge in [0.2, 0.25) is 11.9 Å². The molecule has 0 unspecified atom stereocenters. The highest BCUT2D eigenvalue weighted by Gasteiger charge is 2.14. The standard InChI is InChI=1S/C10H12N6S/c1-2-16(8-11-1)10-13-7-12-9(14-10)15-3-5-17-6-4-15/h1-2,7-8H,3-6H2. The van der Waals surface area contributed by atoms with Crippen LogP contribution in [0.25, 0.3) is 5.95 Å². The van der Waals surface area contributed by atoms with Crippen LogP contribution in [0, 0.1) is 0 Å². The first-order chi connectivity index (χ1) is 8.43. The van der Waals surface area contributed by atoms with E-state index in [-0.39, 0.29) is 0 Å². The van der Waals surface area contributed by atoms with Gasteiger partial charge in [0.05, 0.1) is 0 Å². The van der Waals surface area contributed by atoms with Crippen molar-refractivity contribution in [2.45, 2.75) is 0 Å². The molecule has 0 atom stereocenters. The molecule has 88 valence electrons. The Morgan fingerprint density at radius 3 is 2.71 bits per heavy atom. The first-order valence-electron chi connectivity index (χ1n) is 5.43. The van der Waals surface area contributed by atoms with Crippen molar-refractivity contribution in [1.82, 2.24) is 24.5 Å². The van der Waals surface area contributed by atoms with Gasteiger partial charge in [-0.15, -0.1) is 0 Å². The maximum Gasteiger partial charge on any atom is 0.239 e. The molecule has 1 aliphatic rings. The maximum atomic E-state index is 4.46. The highest BCUT2D eigenvalue weighted by atomic mass is 32.2. The molecule has 0 N–H and O–H groups in total. The third-order valence-electron chi connectivity index (χ3n) is 2.58. The number of aromatic nitrogens is 5. The Morgan fingerprint density at radius 2 is 1.94 bits per heavy atom. The van der Waals surface area contributed by atoms with Crippen molar-refractivity contribution in [3.05, 3.63) is 25.0 Å². The molecule has 17 heavy (non-hydrogen) atoms. The van der Waals surface area contributed by atoms with Gasteiger partial charge in [-0.05, 0) is 0 Å². The zero-order valence-electron chi connectivity index (χ0n) is 9.23. The summed E-state index contributed by atoms with van der Waals surface area (Å²) in [6, 6.07) is 0. The molecule has 0 spiro atoms. The van der Waals surface area contributed by atoms with E-state index < -0.39 is 0 Å². The molecule has 0 aromatic carbocycles. The number of rotatable bonds is 2. The van der Waals surface area contributed by atoms with Crippen LogP contribution in [0.2, 0.25) is 0 Å². The van der Waals surface area contributed by atoms with E-state index in [0.29, 0.717) is 5.95 Å². The van der Waals surface area contributed by atoms with Gasteiger partial charge in [0, 0.05) is 37.0 Å². The number of thioether (sulfide) groups is 1. The highest BCUT2D eigenvalue weighted by Crippen LogP contribution is 2.15. The van der Waals surface area contributed by atoms with Crippen LogP contribution in [-0.4, -0.2) is 49.1 Å². The monoisotopic (exact) mass is 248 g/mol. The molecule has 3 rings (SSSR count). The van der Waals surface area contributed by atoms with E-state index in [2.05, 4.69) is 24.8 Å². The summed E-state index contributed by atoms with van der Waals surface area (Å²) in [6.45, 7) is 2.00. The van der Waals surface area contributed by atoms with Crippen LogP contribution < -0.4 is 4.90 Å². The van der Waals surface area contributed by atoms with Gasteiger partial charge in [-0.25, -0.2) is 15.0 Å². The van der Waals surface area contributed by atoms with Gasteiger partial charge in [-0.2, -0.15) is 16.7 Å². The number of hydrogen-bond acceptors (Lipinski definition) is 6. The molecule has 6 nitrogen and oxygen atoms in total. The summed E-state index contributed by atoms with van der Waals surface area (Å²) in [5, 5.41) is 0. The van der Waals surface area contributed by atoms with Crippen LogP contribution in [0.4, 0.5) is 5.95 Å². The number of hydrogen-bond donors (Lipinski definition) is 0. The van der Waals surface area contributed by atoms with E-state index in [4.69, 9.17) is 0 Å². The van der Waals surface area contributed by atoms with E-state index in [0.717, 1.165) is 30.5 Å². The molecular formula is C10H12N6S. The average Bonchev–Trinajstić information content (AvgIpc) is 2.94. The maximum absolute atomic E-state index is 4.46. The lowest BCUT2D eigenvalue weighted by Gasteiger charge is -2.26. The summed E-state index contributed by atoms with van der Waals surface area (Å²) in [6.07, 6.45) is 6.77. The second-order valence-electron chi connectivity index (χ2n) is 3.65. The molecule has 0 amide bonds. The Bertz CT molecular complexity index is 479. The Hall–Kier alpha value is -1.63. The van der Waals surface area contributed by atoms with Crippen molar-refractivity contribution in [2.24, 2.45) is 0 Å². The van der Waals surface area contributed by atoms with Gasteiger partial charge in [-0.1, -0.05) is 0 Å². The van der Waals surface area contributed by atoms with Crippen molar-refractivity contribution in [3.8, 4) is 5.95 Å². The van der Waals surface area contributed by atoms with Crippen molar-refractivity contribution in [2.75, 3.05) is 29.5 Å². The molecule has 1 aliphatic heterocycles. The zero-order chi connectivity index (χ0) is 11.5. The summed E-state index contributed by atoms with van der Waals surface area (Å²) in [4.78, 5) is 19.0. The van der Waals surface area contributed by atoms with Gasteiger partial charge in [0.25, 0.3) is 0 Å². The first kappa shape index (κ1) is 10.5. The van der Waals surface area contributed by atoms with Gasteiger partial charge in [0.15, 0.2) is 0 Å². The van der Waals surface area contributed by atoms with Crippen molar-refractivity contribution in [1.29, 1.82) is 0 Å². The fourth-order valence-electron chi connectivity index (χ4n) is 1.70. The average molecular weight is 248 g/mol. The molecule has 2 aromatic heterocycles. The smallest absolute Gasteiger partial charge is 0.239 e. The molecule has 7 heteroatoms. The van der Waals surface area contributed by atoms with Crippen LogP contribution in [0.15, 0.2) is 25.0 Å². The Morgan fingerprint density at radius 1 is 1.12 bits per heavy atom. The third-order valence-corrected chi connectivity index (χ3v) is 3.52. The largest absolute Gasteiger partial charge is 0.339 e. The molecule has 1 fully saturated rings. The Balaban J connectivity index is 1.88. The zero-order valence-corrected chi connectivity index (χ0v) is 10.0. The van der Waals surface area contributed by atoms with Gasteiger partial charge in [0.1, 0.15) is 12.7 Å². The summed E-state index contributed by atoms with van der Waals surface area (Å²) >= 11 is 1.97. The molecule has 2 aromatic rings. The quantitative estimate of drug-likeness (QED) is 0.776. The fraction of sp³-hybridized carbons (Fsp3) is 0.400. The van der Waals surface area contributed by atoms with E-state index in [1.807, 2.05) is 18.0 Å². The SMILES string of the molecule is c1cn(-c2ncnc(N3CCSCC3)n2)cn1. The highest BCUT2D eigenvalue weighted by molar-refractivity contribution is 7.99. The molecule has 1 saturated heterocycles. The topological polar surface area (TPSA) is 59.7 Å². The van der Waals surface area contributed by atoms with Crippen LogP contribution in [0.5, 0.6) is 0 Å². The summed E-state index contributed by atoms with van der Waals surface area (Å²) in [5.41, 5.74) is 0. The number of nitrogens with zero attached hydrogens (tertiary/aromatic N) is 6. The fourth-order valence-corrected chi connectivity index (χ4v) is 2.60. The second kappa shape index (κ2) is 4.70. The second-order valence-corrected chi connectivity index (χ2v) is 4.88. The lowest BCUT2D eigenvalue weighted by molar-refractivity contribution is 0.789. The van der Waals surface area contributed by atoms with Gasteiger partial charge < -0.3 is 4.90 Å². The molecular weight excluding hydrogens is 236 g/mol. The first-order valence-corrected chi connectivity index (χ1v) is 6.59. The van der Waals surface area contributed by atoms with Crippen LogP contribution in [0.1, 0.15) is 0 Å². The van der Waals surface area contributed by atoms with Crippen LogP contribution >= 0.6 is 11.8 Å². The summed E-state index contributed by atoms with van der Waals surface area (Å²) in [7, 11) is 0. The number of anilines is 1. The molecule has 0 radical (unpaired) electrons. The predicted molar refractivity (Wildman–Crippen MR) is 66.5 cm³/mol. The summed E-state index contributed by atoms with van der Waals surface area (Å²) < 4.78 is 1.78. The van der Waals surface area contributed by atoms with E-state index >= 15 is 0 Å². The third kappa shape index (κ3) is 2.23. The number of imidazole rings is 1. The van der Waals surface area contributed by atoms with Crippen LogP contribution in [0.3, 0.4) is 0 Å². The minimum Gasteiger partial charge on any atom is -0.339 e. The molecule has 0 bridgehead atoms. The van der Waals surface area contributed by atoms with Crippen molar-refractivity contribution in [3.63, 3.8) is 0 Å². The van der Waals surface area contributed by atoms with Crippen LogP contribution in [-0.2, 0) is 0 Å². The molecule has 0 aliphatic carbocycles. The predicted octanol–water partition coefficient (Wildman–Crippen LogP) is 0.610. The molecule has 0 saturated carbocycles. The van der Waals surface area contributed by atoms with Crippen molar-refractivity contribution >= 4 is 17.7 Å². The van der Waals surface area contributed by atoms with E-state index in [1.54, 1.807) is 23.4 Å². The summed E-state index contributed by atoms with van der Waals surface area (Å²) in [5.74, 6) is 3.63. The lowest BCUT2D eigenvalue weighted by Crippen LogP contribution is -2.34. The Labute approximate surface area is 103 Å². The van der Waals surface area contributed by atoms with Crippen molar-refractivity contribution < 1.29 is 0 Å². The van der Waals surface area contributed by atoms with Gasteiger partial charge >= 0.3 is 0 Å². The van der Waals surface area contributed by atoms with Gasteiger partial charge in [-0.3, -0.25) is 4.57 Å². The van der Waals surface area contributed by atoms with E-state index in [9.17, 15) is 0 Å².